The molecule has 1 atom stereocenters. The van der Waals surface area contributed by atoms with Crippen LogP contribution < -0.4 is 5.32 Å². The number of imide groups is 1. The van der Waals surface area contributed by atoms with Crippen molar-refractivity contribution in [1.82, 2.24) is 19.8 Å². The van der Waals surface area contributed by atoms with Crippen LogP contribution in [0.3, 0.4) is 0 Å². The Morgan fingerprint density at radius 2 is 2.07 bits per heavy atom. The van der Waals surface area contributed by atoms with Crippen LogP contribution in [0, 0.1) is 5.82 Å². The van der Waals surface area contributed by atoms with Crippen molar-refractivity contribution in [2.24, 2.45) is 0 Å². The van der Waals surface area contributed by atoms with Crippen molar-refractivity contribution in [3.8, 4) is 11.1 Å². The number of aromatic nitrogens is 2. The van der Waals surface area contributed by atoms with Gasteiger partial charge >= 0.3 is 0 Å². The first-order valence-electron chi connectivity index (χ1n) is 9.57. The Labute approximate surface area is 172 Å². The molecule has 30 heavy (non-hydrogen) atoms. The summed E-state index contributed by atoms with van der Waals surface area (Å²) >= 11 is 0. The number of amides is 3. The zero-order valence-electron chi connectivity index (χ0n) is 16.6. The summed E-state index contributed by atoms with van der Waals surface area (Å²) in [6.45, 7) is 2.11. The van der Waals surface area contributed by atoms with E-state index in [0.717, 1.165) is 11.0 Å². The van der Waals surface area contributed by atoms with Crippen LogP contribution in [0.5, 0.6) is 0 Å². The van der Waals surface area contributed by atoms with Gasteiger partial charge in [0.15, 0.2) is 0 Å². The topological polar surface area (TPSA) is 95.5 Å². The molecule has 4 heterocycles. The van der Waals surface area contributed by atoms with Gasteiger partial charge in [0.25, 0.3) is 11.8 Å². The number of nitrogens with one attached hydrogen (secondary N) is 1. The molecule has 0 saturated carbocycles. The predicted molar refractivity (Wildman–Crippen MR) is 106 cm³/mol. The van der Waals surface area contributed by atoms with Crippen molar-refractivity contribution in [2.75, 3.05) is 18.9 Å². The third-order valence-electron chi connectivity index (χ3n) is 5.39. The fourth-order valence-electron chi connectivity index (χ4n) is 3.74. The second-order valence-electron chi connectivity index (χ2n) is 7.25. The highest BCUT2D eigenvalue weighted by molar-refractivity contribution is 6.19. The lowest BCUT2D eigenvalue weighted by molar-refractivity contribution is -0.136. The molecule has 0 aliphatic carbocycles. The second kappa shape index (κ2) is 7.66. The van der Waals surface area contributed by atoms with E-state index in [1.807, 2.05) is 0 Å². The van der Waals surface area contributed by atoms with Crippen molar-refractivity contribution < 1.29 is 18.8 Å². The van der Waals surface area contributed by atoms with Gasteiger partial charge in [0, 0.05) is 54.9 Å². The molecule has 0 bridgehead atoms. The van der Waals surface area contributed by atoms with E-state index >= 15 is 0 Å². The molecule has 4 rings (SSSR count). The summed E-state index contributed by atoms with van der Waals surface area (Å²) in [5.74, 6) is -1.64. The summed E-state index contributed by atoms with van der Waals surface area (Å²) in [6.07, 6.45) is 5.63. The summed E-state index contributed by atoms with van der Waals surface area (Å²) in [7, 11) is 1.43. The lowest BCUT2D eigenvalue weighted by Crippen LogP contribution is -2.45. The van der Waals surface area contributed by atoms with Gasteiger partial charge in [0.1, 0.15) is 23.4 Å². The third kappa shape index (κ3) is 3.32. The Kier molecular flexibility index (Phi) is 5.03. The summed E-state index contributed by atoms with van der Waals surface area (Å²) in [5.41, 5.74) is 1.58. The third-order valence-corrected chi connectivity index (χ3v) is 5.39. The summed E-state index contributed by atoms with van der Waals surface area (Å²) in [6, 6.07) is 3.82. The Balaban J connectivity index is 1.52. The first kappa shape index (κ1) is 19.7. The molecule has 1 unspecified atom stereocenters. The second-order valence-corrected chi connectivity index (χ2v) is 7.25. The minimum atomic E-state index is -0.735. The predicted octanol–water partition coefficient (Wildman–Crippen LogP) is 1.96. The summed E-state index contributed by atoms with van der Waals surface area (Å²) in [5, 5.41) is 2.60. The fraction of sp³-hybridized carbons (Fsp3) is 0.286. The van der Waals surface area contributed by atoms with E-state index in [-0.39, 0.29) is 23.0 Å². The maximum Gasteiger partial charge on any atom is 0.277 e. The fourth-order valence-corrected chi connectivity index (χ4v) is 3.74. The number of halogens is 1. The Morgan fingerprint density at radius 3 is 2.77 bits per heavy atom. The van der Waals surface area contributed by atoms with Crippen LogP contribution in [0.25, 0.3) is 11.1 Å². The van der Waals surface area contributed by atoms with Gasteiger partial charge < -0.3 is 10.2 Å². The standard InChI is InChI=1S/C21H20FN5O3/c1-12(27-8-4-6-14-18(27)21(30)26(2)20(14)29)19(28)25-17-9-16(22)15(11-24-17)13-5-3-7-23-10-13/h3,5,7,9-12H,4,6,8H2,1-2H3,(H,24,25,28). The van der Waals surface area contributed by atoms with E-state index in [1.54, 1.807) is 30.2 Å². The van der Waals surface area contributed by atoms with E-state index in [1.165, 1.54) is 19.4 Å². The molecule has 9 heteroatoms. The van der Waals surface area contributed by atoms with Crippen molar-refractivity contribution >= 4 is 23.5 Å². The minimum Gasteiger partial charge on any atom is -0.355 e. The first-order chi connectivity index (χ1) is 14.4. The van der Waals surface area contributed by atoms with Crippen LogP contribution in [-0.4, -0.2) is 57.1 Å². The molecule has 3 amide bonds. The lowest BCUT2D eigenvalue weighted by atomic mass is 10.0. The summed E-state index contributed by atoms with van der Waals surface area (Å²) < 4.78 is 14.5. The molecule has 8 nitrogen and oxygen atoms in total. The van der Waals surface area contributed by atoms with Crippen LogP contribution in [0.15, 0.2) is 48.1 Å². The average molecular weight is 409 g/mol. The van der Waals surface area contributed by atoms with Gasteiger partial charge in [-0.3, -0.25) is 24.3 Å². The molecule has 2 aromatic heterocycles. The molecule has 2 aliphatic rings. The highest BCUT2D eigenvalue weighted by Crippen LogP contribution is 2.32. The number of nitrogens with zero attached hydrogens (tertiary/aromatic N) is 4. The van der Waals surface area contributed by atoms with Crippen molar-refractivity contribution in [3.63, 3.8) is 0 Å². The Bertz CT molecular complexity index is 1070. The molecule has 1 N–H and O–H groups in total. The van der Waals surface area contributed by atoms with Gasteiger partial charge in [-0.25, -0.2) is 9.37 Å². The van der Waals surface area contributed by atoms with Gasteiger partial charge in [0.2, 0.25) is 5.91 Å². The highest BCUT2D eigenvalue weighted by atomic mass is 19.1. The van der Waals surface area contributed by atoms with Crippen molar-refractivity contribution in [1.29, 1.82) is 0 Å². The normalized spacial score (nSPS) is 17.3. The van der Waals surface area contributed by atoms with Gasteiger partial charge in [-0.2, -0.15) is 0 Å². The molecule has 0 radical (unpaired) electrons. The van der Waals surface area contributed by atoms with Crippen LogP contribution in [-0.2, 0) is 14.4 Å². The molecule has 0 aromatic carbocycles. The number of carbonyl (C=O) groups is 3. The zero-order chi connectivity index (χ0) is 21.4. The van der Waals surface area contributed by atoms with E-state index in [0.29, 0.717) is 30.5 Å². The SMILES string of the molecule is CC(C(=O)Nc1cc(F)c(-c2cccnc2)cn1)N1CCCC2=C1C(=O)N(C)C2=O. The molecular formula is C21H20FN5O3. The largest absolute Gasteiger partial charge is 0.355 e. The monoisotopic (exact) mass is 409 g/mol. The van der Waals surface area contributed by atoms with E-state index in [9.17, 15) is 18.8 Å². The number of pyridine rings is 2. The Morgan fingerprint density at radius 1 is 1.27 bits per heavy atom. The average Bonchev–Trinajstić information content (AvgIpc) is 2.98. The molecule has 2 aliphatic heterocycles. The van der Waals surface area contributed by atoms with Crippen LogP contribution in [0.1, 0.15) is 19.8 Å². The van der Waals surface area contributed by atoms with Crippen LogP contribution >= 0.6 is 0 Å². The van der Waals surface area contributed by atoms with Crippen LogP contribution in [0.4, 0.5) is 10.2 Å². The highest BCUT2D eigenvalue weighted by Gasteiger charge is 2.42. The number of rotatable bonds is 4. The van der Waals surface area contributed by atoms with E-state index in [2.05, 4.69) is 15.3 Å². The van der Waals surface area contributed by atoms with Crippen LogP contribution in [0.2, 0.25) is 0 Å². The number of hydrogen-bond acceptors (Lipinski definition) is 6. The smallest absolute Gasteiger partial charge is 0.277 e. The lowest BCUT2D eigenvalue weighted by Gasteiger charge is -2.33. The van der Waals surface area contributed by atoms with Gasteiger partial charge in [0.05, 0.1) is 0 Å². The number of carbonyl (C=O) groups excluding carboxylic acids is 3. The minimum absolute atomic E-state index is 0.0640. The van der Waals surface area contributed by atoms with Gasteiger partial charge in [-0.15, -0.1) is 0 Å². The number of anilines is 1. The maximum atomic E-state index is 14.5. The first-order valence-corrected chi connectivity index (χ1v) is 9.57. The van der Waals surface area contributed by atoms with E-state index in [4.69, 9.17) is 0 Å². The molecule has 2 aromatic rings. The molecule has 154 valence electrons. The molecular weight excluding hydrogens is 389 g/mol. The van der Waals surface area contributed by atoms with Gasteiger partial charge in [-0.1, -0.05) is 6.07 Å². The molecule has 0 saturated heterocycles. The maximum absolute atomic E-state index is 14.5. The number of likely N-dealkylation sites (N-methyl/N-ethyl adjacent to an activating group) is 1. The Hall–Kier alpha value is -3.62. The number of hydrogen-bond donors (Lipinski definition) is 1. The molecule has 0 fully saturated rings. The van der Waals surface area contributed by atoms with E-state index < -0.39 is 23.7 Å². The van der Waals surface area contributed by atoms with Crippen molar-refractivity contribution in [2.45, 2.75) is 25.8 Å². The summed E-state index contributed by atoms with van der Waals surface area (Å²) in [4.78, 5) is 48.3. The quantitative estimate of drug-likeness (QED) is 0.776. The zero-order valence-corrected chi connectivity index (χ0v) is 16.6. The molecule has 0 spiro atoms. The van der Waals surface area contributed by atoms with Gasteiger partial charge in [-0.05, 0) is 25.8 Å². The van der Waals surface area contributed by atoms with Crippen molar-refractivity contribution in [3.05, 3.63) is 53.9 Å².